The van der Waals surface area contributed by atoms with E-state index >= 15 is 0 Å². The molecule has 1 fully saturated rings. The third-order valence-corrected chi connectivity index (χ3v) is 3.48. The monoisotopic (exact) mass is 290 g/mol. The molecular formula is C16H22N2O3. The van der Waals surface area contributed by atoms with Crippen molar-refractivity contribution in [2.75, 3.05) is 29.9 Å². The fourth-order valence-electron chi connectivity index (χ4n) is 2.40. The second kappa shape index (κ2) is 7.67. The number of hydrogen-bond donors (Lipinski definition) is 1. The lowest BCUT2D eigenvalue weighted by Gasteiger charge is -2.17. The smallest absolute Gasteiger partial charge is 0.306 e. The number of benzene rings is 1. The van der Waals surface area contributed by atoms with E-state index in [-0.39, 0.29) is 24.7 Å². The Morgan fingerprint density at radius 1 is 1.14 bits per heavy atom. The van der Waals surface area contributed by atoms with Crippen LogP contribution in [-0.2, 0) is 14.3 Å². The van der Waals surface area contributed by atoms with E-state index in [1.165, 1.54) is 18.5 Å². The van der Waals surface area contributed by atoms with Crippen LogP contribution in [0.15, 0.2) is 24.3 Å². The molecule has 0 unspecified atom stereocenters. The lowest BCUT2D eigenvalue weighted by atomic mass is 10.2. The first kappa shape index (κ1) is 15.4. The van der Waals surface area contributed by atoms with Crippen molar-refractivity contribution >= 4 is 23.3 Å². The first-order chi connectivity index (χ1) is 10.2. The van der Waals surface area contributed by atoms with Crippen LogP contribution in [0.2, 0.25) is 0 Å². The van der Waals surface area contributed by atoms with E-state index < -0.39 is 0 Å². The van der Waals surface area contributed by atoms with E-state index in [4.69, 9.17) is 4.74 Å². The number of rotatable bonds is 6. The second-order valence-electron chi connectivity index (χ2n) is 5.09. The molecule has 1 amide bonds. The molecule has 1 heterocycles. The van der Waals surface area contributed by atoms with Crippen molar-refractivity contribution in [2.45, 2.75) is 32.6 Å². The lowest BCUT2D eigenvalue weighted by Crippen LogP contribution is -2.17. The van der Waals surface area contributed by atoms with Crippen molar-refractivity contribution in [1.29, 1.82) is 0 Å². The van der Waals surface area contributed by atoms with Gasteiger partial charge in [-0.3, -0.25) is 9.59 Å². The van der Waals surface area contributed by atoms with Crippen LogP contribution < -0.4 is 10.2 Å². The van der Waals surface area contributed by atoms with E-state index in [2.05, 4.69) is 10.2 Å². The summed E-state index contributed by atoms with van der Waals surface area (Å²) in [6.45, 7) is 4.30. The molecule has 1 saturated heterocycles. The Kier molecular flexibility index (Phi) is 5.60. The van der Waals surface area contributed by atoms with E-state index in [1.807, 2.05) is 24.3 Å². The summed E-state index contributed by atoms with van der Waals surface area (Å²) in [5.74, 6) is -0.506. The highest BCUT2D eigenvalue weighted by Crippen LogP contribution is 2.22. The minimum atomic E-state index is -0.336. The average Bonchev–Trinajstić information content (AvgIpc) is 3.00. The summed E-state index contributed by atoms with van der Waals surface area (Å²) in [5.41, 5.74) is 1.95. The van der Waals surface area contributed by atoms with Gasteiger partial charge in [-0.15, -0.1) is 0 Å². The van der Waals surface area contributed by atoms with Crippen LogP contribution in [-0.4, -0.2) is 31.6 Å². The predicted molar refractivity (Wildman–Crippen MR) is 82.4 cm³/mol. The minimum absolute atomic E-state index is 0.117. The zero-order valence-corrected chi connectivity index (χ0v) is 12.4. The van der Waals surface area contributed by atoms with Crippen LogP contribution in [0.3, 0.4) is 0 Å². The molecule has 1 aliphatic rings. The highest BCUT2D eigenvalue weighted by Gasteiger charge is 2.12. The van der Waals surface area contributed by atoms with Gasteiger partial charge < -0.3 is 15.0 Å². The second-order valence-corrected chi connectivity index (χ2v) is 5.09. The molecule has 1 aliphatic heterocycles. The van der Waals surface area contributed by atoms with Crippen LogP contribution in [0.25, 0.3) is 0 Å². The SMILES string of the molecule is CCOC(=O)CCC(=O)Nc1ccc(N2CCCC2)cc1. The zero-order chi connectivity index (χ0) is 15.1. The van der Waals surface area contributed by atoms with Gasteiger partial charge in [-0.05, 0) is 44.0 Å². The number of anilines is 2. The molecule has 1 aromatic rings. The van der Waals surface area contributed by atoms with E-state index in [1.54, 1.807) is 6.92 Å². The lowest BCUT2D eigenvalue weighted by molar-refractivity contribution is -0.144. The molecule has 0 radical (unpaired) electrons. The normalized spacial score (nSPS) is 14.0. The first-order valence-corrected chi connectivity index (χ1v) is 7.49. The molecule has 0 atom stereocenters. The van der Waals surface area contributed by atoms with Crippen molar-refractivity contribution in [1.82, 2.24) is 0 Å². The van der Waals surface area contributed by atoms with Crippen LogP contribution >= 0.6 is 0 Å². The molecule has 5 nitrogen and oxygen atoms in total. The summed E-state index contributed by atoms with van der Waals surface area (Å²) >= 11 is 0. The standard InChI is InChI=1S/C16H22N2O3/c1-2-21-16(20)10-9-15(19)17-13-5-7-14(8-6-13)18-11-3-4-12-18/h5-8H,2-4,9-12H2,1H3,(H,17,19). The molecule has 1 N–H and O–H groups in total. The number of ether oxygens (including phenoxy) is 1. The van der Waals surface area contributed by atoms with Gasteiger partial charge in [0.05, 0.1) is 13.0 Å². The number of hydrogen-bond acceptors (Lipinski definition) is 4. The van der Waals surface area contributed by atoms with E-state index in [0.29, 0.717) is 6.61 Å². The third kappa shape index (κ3) is 4.77. The molecule has 0 bridgehead atoms. The summed E-state index contributed by atoms with van der Waals surface area (Å²) in [6, 6.07) is 7.84. The number of nitrogens with zero attached hydrogens (tertiary/aromatic N) is 1. The highest BCUT2D eigenvalue weighted by atomic mass is 16.5. The molecule has 0 spiro atoms. The molecule has 1 aromatic carbocycles. The Morgan fingerprint density at radius 3 is 2.43 bits per heavy atom. The van der Waals surface area contributed by atoms with E-state index in [9.17, 15) is 9.59 Å². The third-order valence-electron chi connectivity index (χ3n) is 3.48. The summed E-state index contributed by atoms with van der Waals surface area (Å²) in [4.78, 5) is 25.3. The van der Waals surface area contributed by atoms with Gasteiger partial charge in [0.2, 0.25) is 5.91 Å². The molecule has 114 valence electrons. The Balaban J connectivity index is 1.79. The van der Waals surface area contributed by atoms with Crippen molar-refractivity contribution in [3.05, 3.63) is 24.3 Å². The topological polar surface area (TPSA) is 58.6 Å². The van der Waals surface area contributed by atoms with Gasteiger partial charge in [0, 0.05) is 30.9 Å². The van der Waals surface area contributed by atoms with Gasteiger partial charge in [0.1, 0.15) is 0 Å². The fraction of sp³-hybridized carbons (Fsp3) is 0.500. The molecule has 5 heteroatoms. The number of carbonyl (C=O) groups excluding carboxylic acids is 2. The van der Waals surface area contributed by atoms with Crippen molar-refractivity contribution in [3.63, 3.8) is 0 Å². The number of amides is 1. The van der Waals surface area contributed by atoms with Gasteiger partial charge in [-0.2, -0.15) is 0 Å². The summed E-state index contributed by atoms with van der Waals surface area (Å²) in [5, 5.41) is 2.79. The first-order valence-electron chi connectivity index (χ1n) is 7.49. The Hall–Kier alpha value is -2.04. The summed E-state index contributed by atoms with van der Waals surface area (Å²) < 4.78 is 4.79. The van der Waals surface area contributed by atoms with Gasteiger partial charge >= 0.3 is 5.97 Å². The Morgan fingerprint density at radius 2 is 1.81 bits per heavy atom. The van der Waals surface area contributed by atoms with E-state index in [0.717, 1.165) is 18.8 Å². The largest absolute Gasteiger partial charge is 0.466 e. The number of nitrogens with one attached hydrogen (secondary N) is 1. The average molecular weight is 290 g/mol. The Labute approximate surface area is 125 Å². The summed E-state index contributed by atoms with van der Waals surface area (Å²) in [6.07, 6.45) is 2.75. The maximum atomic E-state index is 11.7. The minimum Gasteiger partial charge on any atom is -0.466 e. The van der Waals surface area contributed by atoms with Crippen molar-refractivity contribution in [2.24, 2.45) is 0 Å². The van der Waals surface area contributed by atoms with Gasteiger partial charge in [0.25, 0.3) is 0 Å². The molecule has 2 rings (SSSR count). The zero-order valence-electron chi connectivity index (χ0n) is 12.4. The number of esters is 1. The fourth-order valence-corrected chi connectivity index (χ4v) is 2.40. The maximum Gasteiger partial charge on any atom is 0.306 e. The van der Waals surface area contributed by atoms with Crippen LogP contribution in [0.1, 0.15) is 32.6 Å². The molecule has 21 heavy (non-hydrogen) atoms. The van der Waals surface area contributed by atoms with Crippen LogP contribution in [0.4, 0.5) is 11.4 Å². The van der Waals surface area contributed by atoms with Gasteiger partial charge in [0.15, 0.2) is 0 Å². The van der Waals surface area contributed by atoms with Crippen LogP contribution in [0, 0.1) is 0 Å². The van der Waals surface area contributed by atoms with Gasteiger partial charge in [-0.25, -0.2) is 0 Å². The molecular weight excluding hydrogens is 268 g/mol. The maximum absolute atomic E-state index is 11.7. The molecule has 0 saturated carbocycles. The van der Waals surface area contributed by atoms with Crippen LogP contribution in [0.5, 0.6) is 0 Å². The number of carbonyl (C=O) groups is 2. The quantitative estimate of drug-likeness (QED) is 0.818. The van der Waals surface area contributed by atoms with Crippen molar-refractivity contribution in [3.8, 4) is 0 Å². The molecule has 0 aromatic heterocycles. The predicted octanol–water partition coefficient (Wildman–Crippen LogP) is 2.57. The van der Waals surface area contributed by atoms with Crippen molar-refractivity contribution < 1.29 is 14.3 Å². The highest BCUT2D eigenvalue weighted by molar-refractivity contribution is 5.92. The van der Waals surface area contributed by atoms with Gasteiger partial charge in [-0.1, -0.05) is 0 Å². The summed E-state index contributed by atoms with van der Waals surface area (Å²) in [7, 11) is 0. The Bertz CT molecular complexity index is 479. The molecule has 0 aliphatic carbocycles.